The van der Waals surface area contributed by atoms with Crippen molar-refractivity contribution >= 4 is 0 Å². The minimum atomic E-state index is 0.0692. The highest BCUT2D eigenvalue weighted by Gasteiger charge is 2.12. The normalized spacial score (nSPS) is 11.5. The van der Waals surface area contributed by atoms with Crippen molar-refractivity contribution in [2.45, 2.75) is 46.7 Å². The van der Waals surface area contributed by atoms with Crippen LogP contribution in [0.4, 0.5) is 0 Å². The van der Waals surface area contributed by atoms with Gasteiger partial charge >= 0.3 is 0 Å². The SMILES string of the molecule is Cc1ccc(C)c(Oc2cnccc2CNC(C)(C)C)c1. The minimum Gasteiger partial charge on any atom is -0.455 e. The molecule has 0 radical (unpaired) electrons. The van der Waals surface area contributed by atoms with Gasteiger partial charge in [-0.1, -0.05) is 12.1 Å². The van der Waals surface area contributed by atoms with E-state index in [9.17, 15) is 0 Å². The summed E-state index contributed by atoms with van der Waals surface area (Å²) in [5.74, 6) is 1.70. The van der Waals surface area contributed by atoms with Crippen LogP contribution in [-0.2, 0) is 6.54 Å². The van der Waals surface area contributed by atoms with Gasteiger partial charge in [0.25, 0.3) is 0 Å². The molecule has 2 rings (SSSR count). The molecule has 1 heterocycles. The number of pyridine rings is 1. The van der Waals surface area contributed by atoms with E-state index in [1.165, 1.54) is 5.56 Å². The third kappa shape index (κ3) is 4.57. The summed E-state index contributed by atoms with van der Waals surface area (Å²) in [5.41, 5.74) is 3.49. The Hall–Kier alpha value is -1.87. The maximum atomic E-state index is 6.08. The minimum absolute atomic E-state index is 0.0692. The molecule has 1 N–H and O–H groups in total. The van der Waals surface area contributed by atoms with Crippen LogP contribution in [0.2, 0.25) is 0 Å². The Balaban J connectivity index is 2.22. The van der Waals surface area contributed by atoms with E-state index in [-0.39, 0.29) is 5.54 Å². The van der Waals surface area contributed by atoms with Crippen LogP contribution >= 0.6 is 0 Å². The molecule has 0 aliphatic rings. The number of benzene rings is 1. The van der Waals surface area contributed by atoms with E-state index in [1.807, 2.05) is 6.07 Å². The lowest BCUT2D eigenvalue weighted by Gasteiger charge is -2.21. The molecule has 1 aromatic carbocycles. The van der Waals surface area contributed by atoms with Gasteiger partial charge in [-0.05, 0) is 57.9 Å². The van der Waals surface area contributed by atoms with Crippen LogP contribution in [0.15, 0.2) is 36.7 Å². The fraction of sp³-hybridized carbons (Fsp3) is 0.389. The van der Waals surface area contributed by atoms with Crippen LogP contribution in [0.3, 0.4) is 0 Å². The first-order valence-electron chi connectivity index (χ1n) is 7.28. The zero-order chi connectivity index (χ0) is 15.5. The summed E-state index contributed by atoms with van der Waals surface area (Å²) < 4.78 is 6.08. The maximum absolute atomic E-state index is 6.08. The van der Waals surface area contributed by atoms with E-state index in [2.05, 4.69) is 63.1 Å². The smallest absolute Gasteiger partial charge is 0.150 e. The molecule has 0 aliphatic carbocycles. The monoisotopic (exact) mass is 284 g/mol. The Morgan fingerprint density at radius 2 is 1.86 bits per heavy atom. The van der Waals surface area contributed by atoms with Crippen LogP contribution in [0, 0.1) is 13.8 Å². The Kier molecular flexibility index (Phi) is 4.63. The van der Waals surface area contributed by atoms with Crippen LogP contribution in [0.1, 0.15) is 37.5 Å². The summed E-state index contributed by atoms with van der Waals surface area (Å²) in [7, 11) is 0. The van der Waals surface area contributed by atoms with Gasteiger partial charge in [-0.25, -0.2) is 0 Å². The summed E-state index contributed by atoms with van der Waals surface area (Å²) in [4.78, 5) is 4.19. The fourth-order valence-corrected chi connectivity index (χ4v) is 1.94. The molecule has 0 bridgehead atoms. The van der Waals surface area contributed by atoms with Crippen molar-refractivity contribution in [3.05, 3.63) is 53.3 Å². The molecule has 112 valence electrons. The third-order valence-corrected chi connectivity index (χ3v) is 3.24. The molecule has 3 heteroatoms. The predicted octanol–water partition coefficient (Wildman–Crippen LogP) is 4.38. The second kappa shape index (κ2) is 6.27. The molecule has 0 aliphatic heterocycles. The standard InChI is InChI=1S/C18H24N2O/c1-13-6-7-14(2)16(10-13)21-17-12-19-9-8-15(17)11-20-18(3,4)5/h6-10,12,20H,11H2,1-5H3. The molecule has 3 nitrogen and oxygen atoms in total. The van der Waals surface area contributed by atoms with Crippen LogP contribution < -0.4 is 10.1 Å². The summed E-state index contributed by atoms with van der Waals surface area (Å²) in [5, 5.41) is 3.48. The van der Waals surface area contributed by atoms with Gasteiger partial charge in [0.1, 0.15) is 11.5 Å². The number of aromatic nitrogens is 1. The summed E-state index contributed by atoms with van der Waals surface area (Å²) in [6.45, 7) is 11.3. The Morgan fingerprint density at radius 3 is 2.57 bits per heavy atom. The summed E-state index contributed by atoms with van der Waals surface area (Å²) in [6.07, 6.45) is 3.58. The number of nitrogens with one attached hydrogen (secondary N) is 1. The van der Waals surface area contributed by atoms with E-state index in [1.54, 1.807) is 12.4 Å². The van der Waals surface area contributed by atoms with Crippen molar-refractivity contribution in [1.82, 2.24) is 10.3 Å². The van der Waals surface area contributed by atoms with Gasteiger partial charge in [-0.3, -0.25) is 4.98 Å². The van der Waals surface area contributed by atoms with Gasteiger partial charge in [-0.2, -0.15) is 0 Å². The molecule has 21 heavy (non-hydrogen) atoms. The average molecular weight is 284 g/mol. The number of hydrogen-bond acceptors (Lipinski definition) is 3. The third-order valence-electron chi connectivity index (χ3n) is 3.24. The first-order valence-corrected chi connectivity index (χ1v) is 7.28. The molecule has 1 aromatic heterocycles. The molecule has 2 aromatic rings. The number of hydrogen-bond donors (Lipinski definition) is 1. The van der Waals surface area contributed by atoms with E-state index in [0.29, 0.717) is 0 Å². The maximum Gasteiger partial charge on any atom is 0.150 e. The second-order valence-corrected chi connectivity index (χ2v) is 6.46. The van der Waals surface area contributed by atoms with Crippen molar-refractivity contribution in [3.8, 4) is 11.5 Å². The van der Waals surface area contributed by atoms with Crippen molar-refractivity contribution in [1.29, 1.82) is 0 Å². The van der Waals surface area contributed by atoms with Crippen LogP contribution in [-0.4, -0.2) is 10.5 Å². The summed E-state index contributed by atoms with van der Waals surface area (Å²) in [6, 6.07) is 8.23. The number of nitrogens with zero attached hydrogens (tertiary/aromatic N) is 1. The van der Waals surface area contributed by atoms with Crippen molar-refractivity contribution in [2.24, 2.45) is 0 Å². The first-order chi connectivity index (χ1) is 9.85. The lowest BCUT2D eigenvalue weighted by molar-refractivity contribution is 0.413. The van der Waals surface area contributed by atoms with E-state index in [0.717, 1.165) is 29.2 Å². The number of ether oxygens (including phenoxy) is 1. The van der Waals surface area contributed by atoms with E-state index < -0.39 is 0 Å². The van der Waals surface area contributed by atoms with Gasteiger partial charge in [0.2, 0.25) is 0 Å². The highest BCUT2D eigenvalue weighted by molar-refractivity contribution is 5.41. The van der Waals surface area contributed by atoms with Crippen molar-refractivity contribution < 1.29 is 4.74 Å². The molecule has 0 fully saturated rings. The first kappa shape index (κ1) is 15.5. The predicted molar refractivity (Wildman–Crippen MR) is 86.8 cm³/mol. The van der Waals surface area contributed by atoms with Crippen LogP contribution in [0.25, 0.3) is 0 Å². The number of rotatable bonds is 4. The fourth-order valence-electron chi connectivity index (χ4n) is 1.94. The molecule has 0 spiro atoms. The zero-order valence-corrected chi connectivity index (χ0v) is 13.5. The summed E-state index contributed by atoms with van der Waals surface area (Å²) >= 11 is 0. The van der Waals surface area contributed by atoms with Crippen molar-refractivity contribution in [2.75, 3.05) is 0 Å². The lowest BCUT2D eigenvalue weighted by Crippen LogP contribution is -2.35. The second-order valence-electron chi connectivity index (χ2n) is 6.46. The Labute approximate surface area is 127 Å². The quantitative estimate of drug-likeness (QED) is 0.904. The molecular weight excluding hydrogens is 260 g/mol. The topological polar surface area (TPSA) is 34.1 Å². The lowest BCUT2D eigenvalue weighted by atomic mass is 10.1. The zero-order valence-electron chi connectivity index (χ0n) is 13.5. The van der Waals surface area contributed by atoms with Gasteiger partial charge in [0.15, 0.2) is 0 Å². The average Bonchev–Trinajstić information content (AvgIpc) is 2.41. The Bertz CT molecular complexity index is 615. The molecule has 0 amide bonds. The molecule has 0 saturated heterocycles. The van der Waals surface area contributed by atoms with Gasteiger partial charge in [0, 0.05) is 23.8 Å². The van der Waals surface area contributed by atoms with Gasteiger partial charge < -0.3 is 10.1 Å². The van der Waals surface area contributed by atoms with Gasteiger partial charge in [-0.15, -0.1) is 0 Å². The largest absolute Gasteiger partial charge is 0.455 e. The van der Waals surface area contributed by atoms with Crippen molar-refractivity contribution in [3.63, 3.8) is 0 Å². The van der Waals surface area contributed by atoms with Crippen LogP contribution in [0.5, 0.6) is 11.5 Å². The number of aryl methyl sites for hydroxylation is 2. The molecule has 0 unspecified atom stereocenters. The van der Waals surface area contributed by atoms with Gasteiger partial charge in [0.05, 0.1) is 6.20 Å². The molecule has 0 saturated carbocycles. The molecule has 0 atom stereocenters. The highest BCUT2D eigenvalue weighted by Crippen LogP contribution is 2.28. The molecular formula is C18H24N2O. The Morgan fingerprint density at radius 1 is 1.10 bits per heavy atom. The van der Waals surface area contributed by atoms with E-state index in [4.69, 9.17) is 4.74 Å². The van der Waals surface area contributed by atoms with E-state index >= 15 is 0 Å². The highest BCUT2D eigenvalue weighted by atomic mass is 16.5.